The monoisotopic (exact) mass is 219 g/mol. The van der Waals surface area contributed by atoms with Crippen molar-refractivity contribution >= 4 is 5.95 Å². The fourth-order valence-corrected chi connectivity index (χ4v) is 1.98. The van der Waals surface area contributed by atoms with E-state index in [4.69, 9.17) is 0 Å². The van der Waals surface area contributed by atoms with Gasteiger partial charge in [-0.05, 0) is 34.5 Å². The van der Waals surface area contributed by atoms with Gasteiger partial charge in [0.1, 0.15) is 5.82 Å². The average molecular weight is 219 g/mol. The van der Waals surface area contributed by atoms with Crippen LogP contribution in [0.2, 0.25) is 0 Å². The Kier molecular flexibility index (Phi) is 2.05. The molecule has 2 aromatic rings. The van der Waals surface area contributed by atoms with Crippen LogP contribution < -0.4 is 5.32 Å². The summed E-state index contributed by atoms with van der Waals surface area (Å²) in [6.07, 6.45) is 0.849. The van der Waals surface area contributed by atoms with Gasteiger partial charge in [-0.25, -0.2) is 9.07 Å². The Balaban J connectivity index is 2.04. The molecule has 6 heteroatoms. The van der Waals surface area contributed by atoms with E-state index in [1.807, 2.05) is 6.07 Å². The summed E-state index contributed by atoms with van der Waals surface area (Å²) in [5, 5.41) is 14.5. The van der Waals surface area contributed by atoms with E-state index in [1.54, 1.807) is 10.7 Å². The third-order valence-electron chi connectivity index (χ3n) is 2.72. The van der Waals surface area contributed by atoms with Crippen molar-refractivity contribution in [2.75, 3.05) is 11.9 Å². The van der Waals surface area contributed by atoms with Crippen molar-refractivity contribution in [3.63, 3.8) is 0 Å². The Morgan fingerprint density at radius 1 is 1.44 bits per heavy atom. The molecular weight excluding hydrogens is 209 g/mol. The number of nitrogens with zero attached hydrogens (tertiary/aromatic N) is 4. The first-order valence-corrected chi connectivity index (χ1v) is 5.12. The van der Waals surface area contributed by atoms with Gasteiger partial charge in [0.2, 0.25) is 5.95 Å². The predicted molar refractivity (Wildman–Crippen MR) is 55.5 cm³/mol. The zero-order valence-corrected chi connectivity index (χ0v) is 8.47. The molecule has 0 bridgehead atoms. The van der Waals surface area contributed by atoms with Crippen molar-refractivity contribution in [3.8, 4) is 0 Å². The molecule has 3 rings (SSSR count). The zero-order valence-electron chi connectivity index (χ0n) is 8.47. The molecule has 1 aromatic heterocycles. The minimum Gasteiger partial charge on any atom is -0.353 e. The summed E-state index contributed by atoms with van der Waals surface area (Å²) in [6, 6.07) is 6.58. The van der Waals surface area contributed by atoms with Crippen LogP contribution in [0.5, 0.6) is 0 Å². The second-order valence-corrected chi connectivity index (χ2v) is 3.73. The number of hydrogen-bond acceptors (Lipinski definition) is 4. The van der Waals surface area contributed by atoms with Gasteiger partial charge in [0, 0.05) is 6.54 Å². The van der Waals surface area contributed by atoms with Crippen LogP contribution in [0.15, 0.2) is 24.3 Å². The lowest BCUT2D eigenvalue weighted by Gasteiger charge is -2.23. The third-order valence-corrected chi connectivity index (χ3v) is 2.72. The van der Waals surface area contributed by atoms with Gasteiger partial charge in [0.05, 0.1) is 6.04 Å². The molecular formula is C10H10FN5. The first kappa shape index (κ1) is 9.26. The van der Waals surface area contributed by atoms with Gasteiger partial charge >= 0.3 is 0 Å². The highest BCUT2D eigenvalue weighted by molar-refractivity contribution is 5.30. The van der Waals surface area contributed by atoms with E-state index >= 15 is 0 Å². The van der Waals surface area contributed by atoms with E-state index in [1.165, 1.54) is 12.1 Å². The van der Waals surface area contributed by atoms with Crippen LogP contribution in [-0.4, -0.2) is 26.8 Å². The highest BCUT2D eigenvalue weighted by Crippen LogP contribution is 2.27. The minimum atomic E-state index is -0.231. The van der Waals surface area contributed by atoms with Crippen LogP contribution in [0.1, 0.15) is 18.0 Å². The molecule has 1 aromatic carbocycles. The fourth-order valence-electron chi connectivity index (χ4n) is 1.98. The number of benzene rings is 1. The first-order valence-electron chi connectivity index (χ1n) is 5.12. The Bertz CT molecular complexity index is 509. The molecule has 1 atom stereocenters. The van der Waals surface area contributed by atoms with Gasteiger partial charge in [-0.1, -0.05) is 17.2 Å². The van der Waals surface area contributed by atoms with Crippen molar-refractivity contribution < 1.29 is 4.39 Å². The molecule has 0 amide bonds. The lowest BCUT2D eigenvalue weighted by atomic mass is 10.0. The van der Waals surface area contributed by atoms with E-state index in [-0.39, 0.29) is 11.9 Å². The molecule has 0 saturated carbocycles. The molecule has 0 fully saturated rings. The van der Waals surface area contributed by atoms with Crippen molar-refractivity contribution in [2.24, 2.45) is 0 Å². The molecule has 1 N–H and O–H groups in total. The van der Waals surface area contributed by atoms with E-state index in [0.29, 0.717) is 5.95 Å². The highest BCUT2D eigenvalue weighted by Gasteiger charge is 2.23. The molecule has 1 unspecified atom stereocenters. The molecule has 16 heavy (non-hydrogen) atoms. The Morgan fingerprint density at radius 2 is 2.38 bits per heavy atom. The summed E-state index contributed by atoms with van der Waals surface area (Å²) in [6.45, 7) is 0.793. The largest absolute Gasteiger partial charge is 0.353 e. The molecule has 0 spiro atoms. The van der Waals surface area contributed by atoms with Gasteiger partial charge in [-0.2, -0.15) is 0 Å². The fraction of sp³-hybridized carbons (Fsp3) is 0.300. The summed E-state index contributed by atoms with van der Waals surface area (Å²) in [5.74, 6) is 0.408. The molecule has 82 valence electrons. The van der Waals surface area contributed by atoms with Crippen molar-refractivity contribution in [1.29, 1.82) is 0 Å². The number of tetrazole rings is 1. The molecule has 1 aliphatic rings. The maximum atomic E-state index is 13.1. The minimum absolute atomic E-state index is 0.0157. The van der Waals surface area contributed by atoms with Gasteiger partial charge in [0.15, 0.2) is 0 Å². The lowest BCUT2D eigenvalue weighted by Crippen LogP contribution is -2.24. The van der Waals surface area contributed by atoms with E-state index in [9.17, 15) is 4.39 Å². The number of hydrogen-bond donors (Lipinski definition) is 1. The van der Waals surface area contributed by atoms with Gasteiger partial charge in [-0.3, -0.25) is 0 Å². The van der Waals surface area contributed by atoms with E-state index in [2.05, 4.69) is 20.8 Å². The van der Waals surface area contributed by atoms with Crippen LogP contribution in [-0.2, 0) is 0 Å². The molecule has 2 heterocycles. The van der Waals surface area contributed by atoms with Crippen LogP contribution >= 0.6 is 0 Å². The number of nitrogens with one attached hydrogen (secondary N) is 1. The van der Waals surface area contributed by atoms with Crippen LogP contribution in [0.4, 0.5) is 10.3 Å². The normalized spacial score (nSPS) is 18.9. The predicted octanol–water partition coefficient (Wildman–Crippen LogP) is 1.22. The lowest BCUT2D eigenvalue weighted by molar-refractivity contribution is 0.466. The zero-order chi connectivity index (χ0) is 11.0. The standard InChI is InChI=1S/C10H10FN5/c11-8-3-1-2-7(6-8)9-4-5-12-10-13-14-15-16(9)10/h1-3,6,9H,4-5H2,(H,12,13,15). The second-order valence-electron chi connectivity index (χ2n) is 3.73. The van der Waals surface area contributed by atoms with E-state index in [0.717, 1.165) is 18.5 Å². The third kappa shape index (κ3) is 1.42. The topological polar surface area (TPSA) is 55.6 Å². The Labute approximate surface area is 91.3 Å². The molecule has 0 aliphatic carbocycles. The van der Waals surface area contributed by atoms with Crippen LogP contribution in [0, 0.1) is 5.82 Å². The summed E-state index contributed by atoms with van der Waals surface area (Å²) in [4.78, 5) is 0. The maximum Gasteiger partial charge on any atom is 0.243 e. The first-order chi connectivity index (χ1) is 7.84. The highest BCUT2D eigenvalue weighted by atomic mass is 19.1. The maximum absolute atomic E-state index is 13.1. The molecule has 0 radical (unpaired) electrons. The van der Waals surface area contributed by atoms with Crippen molar-refractivity contribution in [2.45, 2.75) is 12.5 Å². The second kappa shape index (κ2) is 3.55. The van der Waals surface area contributed by atoms with Gasteiger partial charge in [-0.15, -0.1) is 0 Å². The SMILES string of the molecule is Fc1cccc(C2CCNc3nnnn32)c1. The van der Waals surface area contributed by atoms with Crippen molar-refractivity contribution in [3.05, 3.63) is 35.6 Å². The van der Waals surface area contributed by atoms with Gasteiger partial charge < -0.3 is 5.32 Å². The quantitative estimate of drug-likeness (QED) is 0.783. The van der Waals surface area contributed by atoms with Crippen LogP contribution in [0.25, 0.3) is 0 Å². The van der Waals surface area contributed by atoms with Gasteiger partial charge in [0.25, 0.3) is 0 Å². The number of rotatable bonds is 1. The van der Waals surface area contributed by atoms with Crippen molar-refractivity contribution in [1.82, 2.24) is 20.2 Å². The van der Waals surface area contributed by atoms with Crippen LogP contribution in [0.3, 0.4) is 0 Å². The summed E-state index contributed by atoms with van der Waals surface area (Å²) >= 11 is 0. The number of aromatic nitrogens is 4. The molecule has 0 saturated heterocycles. The average Bonchev–Trinajstić information content (AvgIpc) is 2.76. The Morgan fingerprint density at radius 3 is 3.25 bits per heavy atom. The number of fused-ring (bicyclic) bond motifs is 1. The summed E-state index contributed by atoms with van der Waals surface area (Å²) in [7, 11) is 0. The molecule has 1 aliphatic heterocycles. The summed E-state index contributed by atoms with van der Waals surface area (Å²) < 4.78 is 14.8. The number of halogens is 1. The number of anilines is 1. The smallest absolute Gasteiger partial charge is 0.243 e. The Hall–Kier alpha value is -1.98. The van der Waals surface area contributed by atoms with E-state index < -0.39 is 0 Å². The molecule has 5 nitrogen and oxygen atoms in total. The summed E-state index contributed by atoms with van der Waals surface area (Å²) in [5.41, 5.74) is 0.898.